The lowest BCUT2D eigenvalue weighted by molar-refractivity contribution is 0.466. The van der Waals surface area contributed by atoms with Gasteiger partial charge in [-0.2, -0.15) is 0 Å². The maximum absolute atomic E-state index is 9.61. The number of halogens is 1. The summed E-state index contributed by atoms with van der Waals surface area (Å²) in [5, 5.41) is 9.61. The Morgan fingerprint density at radius 1 is 1.46 bits per heavy atom. The Labute approximate surface area is 86.9 Å². The van der Waals surface area contributed by atoms with Crippen LogP contribution in [0.25, 0.3) is 0 Å². The summed E-state index contributed by atoms with van der Waals surface area (Å²) < 4.78 is 0.806. The van der Waals surface area contributed by atoms with Crippen LogP contribution in [0, 0.1) is 6.92 Å². The number of aryl methyl sites for hydroxylation is 2. The minimum absolute atomic E-state index is 0.342. The van der Waals surface area contributed by atoms with E-state index in [1.807, 2.05) is 19.1 Å². The van der Waals surface area contributed by atoms with Crippen LogP contribution in [0.15, 0.2) is 16.6 Å². The Morgan fingerprint density at radius 2 is 2.15 bits per heavy atom. The highest BCUT2D eigenvalue weighted by Crippen LogP contribution is 2.31. The topological polar surface area (TPSA) is 46.2 Å². The van der Waals surface area contributed by atoms with E-state index in [2.05, 4.69) is 15.9 Å². The van der Waals surface area contributed by atoms with Crippen LogP contribution in [0.1, 0.15) is 17.5 Å². The zero-order valence-electron chi connectivity index (χ0n) is 7.68. The summed E-state index contributed by atoms with van der Waals surface area (Å²) in [4.78, 5) is 0. The molecule has 0 amide bonds. The second-order valence-corrected chi connectivity index (χ2v) is 3.89. The number of aromatic hydroxyl groups is 1. The molecule has 72 valence electrons. The fraction of sp³-hybridized carbons (Fsp3) is 0.400. The van der Waals surface area contributed by atoms with Gasteiger partial charge in [0, 0.05) is 0 Å². The summed E-state index contributed by atoms with van der Waals surface area (Å²) in [6.45, 7) is 2.56. The lowest BCUT2D eigenvalue weighted by atomic mass is 10.1. The predicted octanol–water partition coefficient (Wildman–Crippen LogP) is 2.35. The third kappa shape index (κ3) is 2.45. The average molecular weight is 244 g/mol. The van der Waals surface area contributed by atoms with Gasteiger partial charge in [0.1, 0.15) is 5.75 Å². The van der Waals surface area contributed by atoms with Gasteiger partial charge in [0.05, 0.1) is 4.47 Å². The van der Waals surface area contributed by atoms with Gasteiger partial charge in [0.2, 0.25) is 0 Å². The van der Waals surface area contributed by atoms with Gasteiger partial charge >= 0.3 is 0 Å². The van der Waals surface area contributed by atoms with Gasteiger partial charge in [0.25, 0.3) is 0 Å². The maximum atomic E-state index is 9.61. The Balaban J connectivity index is 2.90. The first-order chi connectivity index (χ1) is 6.16. The molecule has 0 atom stereocenters. The fourth-order valence-corrected chi connectivity index (χ4v) is 1.83. The largest absolute Gasteiger partial charge is 0.506 e. The van der Waals surface area contributed by atoms with Crippen LogP contribution in [0.3, 0.4) is 0 Å². The van der Waals surface area contributed by atoms with Crippen molar-refractivity contribution in [1.29, 1.82) is 0 Å². The van der Waals surface area contributed by atoms with E-state index in [0.717, 1.165) is 28.4 Å². The molecule has 0 aliphatic rings. The second kappa shape index (κ2) is 4.63. The molecule has 0 aromatic heterocycles. The molecule has 0 saturated carbocycles. The van der Waals surface area contributed by atoms with Gasteiger partial charge in [-0.15, -0.1) is 0 Å². The molecule has 0 unspecified atom stereocenters. The molecule has 0 saturated heterocycles. The van der Waals surface area contributed by atoms with E-state index in [1.54, 1.807) is 0 Å². The van der Waals surface area contributed by atoms with E-state index >= 15 is 0 Å². The predicted molar refractivity (Wildman–Crippen MR) is 57.9 cm³/mol. The third-order valence-electron chi connectivity index (χ3n) is 2.05. The van der Waals surface area contributed by atoms with E-state index in [9.17, 15) is 5.11 Å². The molecule has 13 heavy (non-hydrogen) atoms. The third-order valence-corrected chi connectivity index (χ3v) is 2.93. The first-order valence-corrected chi connectivity index (χ1v) is 5.13. The summed E-state index contributed by atoms with van der Waals surface area (Å²) in [6, 6.07) is 3.95. The molecular weight excluding hydrogens is 230 g/mol. The van der Waals surface area contributed by atoms with Gasteiger partial charge in [0.15, 0.2) is 0 Å². The van der Waals surface area contributed by atoms with Crippen LogP contribution >= 0.6 is 15.9 Å². The Morgan fingerprint density at radius 3 is 2.77 bits per heavy atom. The molecule has 3 N–H and O–H groups in total. The molecule has 3 heteroatoms. The van der Waals surface area contributed by atoms with Crippen molar-refractivity contribution in [3.63, 3.8) is 0 Å². The highest BCUT2D eigenvalue weighted by Gasteiger charge is 2.06. The van der Waals surface area contributed by atoms with Gasteiger partial charge in [-0.3, -0.25) is 0 Å². The molecule has 1 rings (SSSR count). The highest BCUT2D eigenvalue weighted by atomic mass is 79.9. The smallest absolute Gasteiger partial charge is 0.132 e. The Hall–Kier alpha value is -0.540. The van der Waals surface area contributed by atoms with Crippen LogP contribution in [-0.4, -0.2) is 11.7 Å². The Kier molecular flexibility index (Phi) is 3.75. The van der Waals surface area contributed by atoms with Crippen molar-refractivity contribution in [1.82, 2.24) is 0 Å². The van der Waals surface area contributed by atoms with E-state index in [4.69, 9.17) is 5.73 Å². The molecular formula is C10H14BrNO. The van der Waals surface area contributed by atoms with Crippen molar-refractivity contribution in [2.24, 2.45) is 5.73 Å². The van der Waals surface area contributed by atoms with Crippen molar-refractivity contribution in [2.75, 3.05) is 6.54 Å². The highest BCUT2D eigenvalue weighted by molar-refractivity contribution is 9.10. The van der Waals surface area contributed by atoms with E-state index < -0.39 is 0 Å². The van der Waals surface area contributed by atoms with E-state index in [-0.39, 0.29) is 0 Å². The first kappa shape index (κ1) is 10.5. The molecule has 0 heterocycles. The normalized spacial score (nSPS) is 10.4. The summed E-state index contributed by atoms with van der Waals surface area (Å²) in [7, 11) is 0. The summed E-state index contributed by atoms with van der Waals surface area (Å²) in [6.07, 6.45) is 1.85. The molecule has 1 aromatic rings. The van der Waals surface area contributed by atoms with Gasteiger partial charge in [-0.25, -0.2) is 0 Å². The number of rotatable bonds is 3. The lowest BCUT2D eigenvalue weighted by Gasteiger charge is -2.07. The average Bonchev–Trinajstić information content (AvgIpc) is 2.13. The number of phenolic OH excluding ortho intramolecular Hbond substituents is 1. The number of nitrogens with two attached hydrogens (primary N) is 1. The number of hydrogen-bond acceptors (Lipinski definition) is 2. The minimum Gasteiger partial charge on any atom is -0.506 e. The summed E-state index contributed by atoms with van der Waals surface area (Å²) >= 11 is 3.37. The SMILES string of the molecule is Cc1ccc(CCCN)c(Br)c1O. The quantitative estimate of drug-likeness (QED) is 0.857. The lowest BCUT2D eigenvalue weighted by Crippen LogP contribution is -2.00. The van der Waals surface area contributed by atoms with Gasteiger partial charge in [-0.1, -0.05) is 12.1 Å². The molecule has 0 bridgehead atoms. The van der Waals surface area contributed by atoms with Gasteiger partial charge < -0.3 is 10.8 Å². The zero-order valence-corrected chi connectivity index (χ0v) is 9.26. The minimum atomic E-state index is 0.342. The van der Waals surface area contributed by atoms with Gasteiger partial charge in [-0.05, 0) is 53.4 Å². The fourth-order valence-electron chi connectivity index (χ4n) is 1.19. The Bertz CT molecular complexity index is 299. The number of hydrogen-bond donors (Lipinski definition) is 2. The monoisotopic (exact) mass is 243 g/mol. The standard InChI is InChI=1S/C10H14BrNO/c1-7-4-5-8(3-2-6-12)9(11)10(7)13/h4-5,13H,2-3,6,12H2,1H3. The summed E-state index contributed by atoms with van der Waals surface area (Å²) in [5.41, 5.74) is 7.43. The zero-order chi connectivity index (χ0) is 9.84. The van der Waals surface area contributed by atoms with Crippen LogP contribution in [-0.2, 0) is 6.42 Å². The molecule has 0 aliphatic heterocycles. The molecule has 0 aliphatic carbocycles. The first-order valence-electron chi connectivity index (χ1n) is 4.34. The van der Waals surface area contributed by atoms with Crippen LogP contribution in [0.5, 0.6) is 5.75 Å². The van der Waals surface area contributed by atoms with Crippen molar-refractivity contribution >= 4 is 15.9 Å². The number of benzene rings is 1. The second-order valence-electron chi connectivity index (χ2n) is 3.10. The van der Waals surface area contributed by atoms with Crippen LogP contribution < -0.4 is 5.73 Å². The molecule has 2 nitrogen and oxygen atoms in total. The van der Waals surface area contributed by atoms with Crippen LogP contribution in [0.2, 0.25) is 0 Å². The van der Waals surface area contributed by atoms with E-state index in [0.29, 0.717) is 12.3 Å². The molecule has 0 radical (unpaired) electrons. The molecule has 0 spiro atoms. The van der Waals surface area contributed by atoms with Crippen molar-refractivity contribution in [3.05, 3.63) is 27.7 Å². The van der Waals surface area contributed by atoms with Crippen molar-refractivity contribution in [3.8, 4) is 5.75 Å². The van der Waals surface area contributed by atoms with Crippen LogP contribution in [0.4, 0.5) is 0 Å². The maximum Gasteiger partial charge on any atom is 0.132 e. The van der Waals surface area contributed by atoms with E-state index in [1.165, 1.54) is 0 Å². The molecule has 0 fully saturated rings. The van der Waals surface area contributed by atoms with Crippen molar-refractivity contribution in [2.45, 2.75) is 19.8 Å². The number of phenols is 1. The van der Waals surface area contributed by atoms with Crippen molar-refractivity contribution < 1.29 is 5.11 Å². The summed E-state index contributed by atoms with van der Waals surface area (Å²) in [5.74, 6) is 0.342. The molecule has 1 aromatic carbocycles.